The van der Waals surface area contributed by atoms with Gasteiger partial charge in [0.1, 0.15) is 5.37 Å². The molecule has 26 heavy (non-hydrogen) atoms. The molecule has 1 N–H and O–H groups in total. The molecule has 0 aromatic heterocycles. The van der Waals surface area contributed by atoms with Crippen molar-refractivity contribution in [1.29, 1.82) is 0 Å². The number of carbonyl (C=O) groups excluding carboxylic acids is 2. The van der Waals surface area contributed by atoms with Crippen LogP contribution in [-0.2, 0) is 28.9 Å². The molecule has 0 aliphatic heterocycles. The number of methoxy groups -OCH3 is 2. The molecule has 0 saturated heterocycles. The zero-order valence-electron chi connectivity index (χ0n) is 15.4. The van der Waals surface area contributed by atoms with E-state index in [2.05, 4.69) is 21.7 Å². The fourth-order valence-electron chi connectivity index (χ4n) is 2.54. The van der Waals surface area contributed by atoms with Gasteiger partial charge in [-0.1, -0.05) is 50.8 Å². The van der Waals surface area contributed by atoms with Gasteiger partial charge in [-0.2, -0.15) is 0 Å². The van der Waals surface area contributed by atoms with Crippen molar-refractivity contribution in [2.45, 2.75) is 49.7 Å². The first-order chi connectivity index (χ1) is 12.4. The third-order valence-corrected chi connectivity index (χ3v) is 6.17. The monoisotopic (exact) mass is 385 g/mol. The summed E-state index contributed by atoms with van der Waals surface area (Å²) in [6.07, 6.45) is 3.76. The topological polar surface area (TPSA) is 98.8 Å². The van der Waals surface area contributed by atoms with Crippen molar-refractivity contribution in [3.05, 3.63) is 30.3 Å². The first-order valence-corrected chi connectivity index (χ1v) is 10.2. The molecule has 0 radical (unpaired) electrons. The van der Waals surface area contributed by atoms with Crippen LogP contribution in [0.3, 0.4) is 0 Å². The van der Waals surface area contributed by atoms with Gasteiger partial charge < -0.3 is 14.8 Å². The van der Waals surface area contributed by atoms with E-state index in [4.69, 9.17) is 0 Å². The Balaban J connectivity index is 3.13. The van der Waals surface area contributed by atoms with Crippen LogP contribution in [0, 0.1) is 0 Å². The first kappa shape index (κ1) is 22.0. The molecule has 1 aromatic carbocycles. The molecule has 0 spiro atoms. The minimum Gasteiger partial charge on any atom is -0.468 e. The second-order valence-corrected chi connectivity index (χ2v) is 8.08. The minimum atomic E-state index is -4.23. The summed E-state index contributed by atoms with van der Waals surface area (Å²) in [6, 6.07) is 8.78. The number of benzene rings is 1. The van der Waals surface area contributed by atoms with Crippen LogP contribution in [0.2, 0.25) is 0 Å². The maximum atomic E-state index is 13.0. The third kappa shape index (κ3) is 6.01. The molecule has 0 aliphatic rings. The number of hydrogen-bond acceptors (Lipinski definition) is 7. The van der Waals surface area contributed by atoms with Gasteiger partial charge in [0.2, 0.25) is 0 Å². The summed E-state index contributed by atoms with van der Waals surface area (Å²) in [7, 11) is -2.16. The average Bonchev–Trinajstić information content (AvgIpc) is 2.64. The van der Waals surface area contributed by atoms with Gasteiger partial charge in [0, 0.05) is 5.69 Å². The Morgan fingerprint density at radius 3 is 2.08 bits per heavy atom. The standard InChI is InChI=1S/C18H27NO6S/c1-4-5-6-10-13-15(19-14-11-8-7-9-12-14)26(22,23)16(17(20)24-2)18(21)25-3/h7-9,11-12,15-16,19H,4-6,10,13H2,1-3H3. The second-order valence-electron chi connectivity index (χ2n) is 5.86. The number of esters is 2. The molecule has 8 heteroatoms. The number of ether oxygens (including phenoxy) is 2. The van der Waals surface area contributed by atoms with Crippen LogP contribution < -0.4 is 5.32 Å². The zero-order valence-corrected chi connectivity index (χ0v) is 16.3. The highest BCUT2D eigenvalue weighted by Gasteiger charge is 2.45. The highest BCUT2D eigenvalue weighted by Crippen LogP contribution is 2.21. The summed E-state index contributed by atoms with van der Waals surface area (Å²) >= 11 is 0. The lowest BCUT2D eigenvalue weighted by Gasteiger charge is -2.23. The van der Waals surface area contributed by atoms with Crippen LogP contribution in [0.25, 0.3) is 0 Å². The predicted octanol–water partition coefficient (Wildman–Crippen LogP) is 2.52. The van der Waals surface area contributed by atoms with E-state index >= 15 is 0 Å². The summed E-state index contributed by atoms with van der Waals surface area (Å²) in [4.78, 5) is 23.9. The highest BCUT2D eigenvalue weighted by atomic mass is 32.2. The number of anilines is 1. The van der Waals surface area contributed by atoms with E-state index in [0.717, 1.165) is 33.5 Å². The molecule has 1 rings (SSSR count). The highest BCUT2D eigenvalue weighted by molar-refractivity contribution is 7.94. The van der Waals surface area contributed by atoms with Crippen molar-refractivity contribution in [3.63, 3.8) is 0 Å². The zero-order chi connectivity index (χ0) is 19.6. The maximum absolute atomic E-state index is 13.0. The number of sulfone groups is 1. The van der Waals surface area contributed by atoms with Crippen molar-refractivity contribution >= 4 is 27.5 Å². The molecule has 7 nitrogen and oxygen atoms in total. The summed E-state index contributed by atoms with van der Waals surface area (Å²) in [5.74, 6) is -2.30. The number of unbranched alkanes of at least 4 members (excludes halogenated alkanes) is 3. The first-order valence-electron chi connectivity index (χ1n) is 8.58. The summed E-state index contributed by atoms with van der Waals surface area (Å²) < 4.78 is 35.1. The van der Waals surface area contributed by atoms with E-state index in [9.17, 15) is 18.0 Å². The number of para-hydroxylation sites is 1. The minimum absolute atomic E-state index is 0.266. The Morgan fingerprint density at radius 2 is 1.58 bits per heavy atom. The molecule has 0 fully saturated rings. The quantitative estimate of drug-likeness (QED) is 0.355. The summed E-state index contributed by atoms with van der Waals surface area (Å²) in [5, 5.41) is -0.185. The molecule has 0 saturated carbocycles. The van der Waals surface area contributed by atoms with E-state index in [-0.39, 0.29) is 6.42 Å². The SMILES string of the molecule is CCCCCCC(Nc1ccccc1)S(=O)(=O)C(C(=O)OC)C(=O)OC. The number of nitrogens with one attached hydrogen (secondary N) is 1. The van der Waals surface area contributed by atoms with Gasteiger partial charge in [0.05, 0.1) is 14.2 Å². The fourth-order valence-corrected chi connectivity index (χ4v) is 4.39. The van der Waals surface area contributed by atoms with Crippen LogP contribution in [-0.4, -0.2) is 45.2 Å². The molecule has 0 aliphatic carbocycles. The van der Waals surface area contributed by atoms with Gasteiger partial charge in [-0.25, -0.2) is 8.42 Å². The van der Waals surface area contributed by atoms with Crippen molar-refractivity contribution in [1.82, 2.24) is 0 Å². The Bertz CT molecular complexity index is 658. The largest absolute Gasteiger partial charge is 0.468 e. The normalized spacial score (nSPS) is 12.5. The molecule has 0 heterocycles. The smallest absolute Gasteiger partial charge is 0.335 e. The number of hydrogen-bond donors (Lipinski definition) is 1. The van der Waals surface area contributed by atoms with E-state index in [1.807, 2.05) is 6.07 Å². The van der Waals surface area contributed by atoms with Gasteiger partial charge in [0.15, 0.2) is 9.84 Å². The Kier molecular flexibility index (Phi) is 9.12. The average molecular weight is 385 g/mol. The Morgan fingerprint density at radius 1 is 1.00 bits per heavy atom. The third-order valence-electron chi connectivity index (χ3n) is 3.98. The van der Waals surface area contributed by atoms with Crippen LogP contribution >= 0.6 is 0 Å². The van der Waals surface area contributed by atoms with Crippen molar-refractivity contribution < 1.29 is 27.5 Å². The van der Waals surface area contributed by atoms with Gasteiger partial charge in [-0.15, -0.1) is 0 Å². The van der Waals surface area contributed by atoms with Crippen LogP contribution in [0.15, 0.2) is 30.3 Å². The fraction of sp³-hybridized carbons (Fsp3) is 0.556. The van der Waals surface area contributed by atoms with E-state index in [0.29, 0.717) is 12.1 Å². The van der Waals surface area contributed by atoms with Crippen LogP contribution in [0.4, 0.5) is 5.69 Å². The molecule has 1 atom stereocenters. The van der Waals surface area contributed by atoms with E-state index in [1.165, 1.54) is 0 Å². The van der Waals surface area contributed by atoms with Crippen LogP contribution in [0.5, 0.6) is 0 Å². The second kappa shape index (κ2) is 10.8. The van der Waals surface area contributed by atoms with Crippen molar-refractivity contribution in [2.24, 2.45) is 0 Å². The molecule has 1 unspecified atom stereocenters. The lowest BCUT2D eigenvalue weighted by molar-refractivity contribution is -0.150. The lowest BCUT2D eigenvalue weighted by Crippen LogP contribution is -2.47. The Labute approximate surface area is 155 Å². The summed E-state index contributed by atoms with van der Waals surface area (Å²) in [5.41, 5.74) is 0.588. The summed E-state index contributed by atoms with van der Waals surface area (Å²) in [6.45, 7) is 2.06. The van der Waals surface area contributed by atoms with Gasteiger partial charge >= 0.3 is 11.9 Å². The number of carbonyl (C=O) groups is 2. The Hall–Kier alpha value is -2.09. The van der Waals surface area contributed by atoms with Crippen molar-refractivity contribution in [2.75, 3.05) is 19.5 Å². The molecule has 146 valence electrons. The van der Waals surface area contributed by atoms with E-state index < -0.39 is 32.4 Å². The van der Waals surface area contributed by atoms with Crippen LogP contribution in [0.1, 0.15) is 39.0 Å². The molecule has 1 aromatic rings. The van der Waals surface area contributed by atoms with Gasteiger partial charge in [0.25, 0.3) is 5.25 Å². The molecule has 0 bridgehead atoms. The van der Waals surface area contributed by atoms with Crippen molar-refractivity contribution in [3.8, 4) is 0 Å². The molecular weight excluding hydrogens is 358 g/mol. The molecule has 0 amide bonds. The van der Waals surface area contributed by atoms with Gasteiger partial charge in [-0.3, -0.25) is 9.59 Å². The predicted molar refractivity (Wildman–Crippen MR) is 99.4 cm³/mol. The molecular formula is C18H27NO6S. The van der Waals surface area contributed by atoms with Gasteiger partial charge in [-0.05, 0) is 18.6 Å². The lowest BCUT2D eigenvalue weighted by atomic mass is 10.1. The maximum Gasteiger partial charge on any atom is 0.335 e. The van der Waals surface area contributed by atoms with E-state index in [1.54, 1.807) is 24.3 Å². The number of rotatable bonds is 11.